The quantitative estimate of drug-likeness (QED) is 0.490. The normalized spacial score (nSPS) is 8.50. The van der Waals surface area contributed by atoms with Gasteiger partial charge < -0.3 is 4.85 Å². The number of nitrogens with zero attached hydrogens (tertiary/aromatic N) is 3. The lowest BCUT2D eigenvalue weighted by Gasteiger charge is -1.66. The molecule has 1 rings (SSSR count). The van der Waals surface area contributed by atoms with Gasteiger partial charge in [-0.3, -0.25) is 0 Å². The summed E-state index contributed by atoms with van der Waals surface area (Å²) in [6, 6.07) is 0. The van der Waals surface area contributed by atoms with E-state index in [4.69, 9.17) is 6.57 Å². The Morgan fingerprint density at radius 1 is 1.62 bits per heavy atom. The molecule has 0 aliphatic heterocycles. The molecule has 0 fully saturated rings. The van der Waals surface area contributed by atoms with E-state index in [-0.39, 0.29) is 0 Å². The standard InChI is InChI=1S/C4H3N3S/c1-3-6-7-4(5-2)8-3/h1H3. The first-order valence-electron chi connectivity index (χ1n) is 2.00. The minimum atomic E-state index is 0.419. The van der Waals surface area contributed by atoms with Gasteiger partial charge in [0, 0.05) is 5.10 Å². The van der Waals surface area contributed by atoms with Gasteiger partial charge in [0.1, 0.15) is 5.01 Å². The van der Waals surface area contributed by atoms with E-state index >= 15 is 0 Å². The van der Waals surface area contributed by atoms with Crippen LogP contribution in [0, 0.1) is 13.5 Å². The molecule has 1 aromatic heterocycles. The predicted octanol–water partition coefficient (Wildman–Crippen LogP) is 1.40. The lowest BCUT2D eigenvalue weighted by molar-refractivity contribution is 1.06. The summed E-state index contributed by atoms with van der Waals surface area (Å²) in [5.41, 5.74) is 0. The van der Waals surface area contributed by atoms with Gasteiger partial charge in [0.2, 0.25) is 0 Å². The number of rotatable bonds is 0. The zero-order chi connectivity index (χ0) is 5.98. The van der Waals surface area contributed by atoms with Crippen LogP contribution in [0.4, 0.5) is 5.13 Å². The monoisotopic (exact) mass is 125 g/mol. The number of hydrogen-bond donors (Lipinski definition) is 0. The number of aromatic nitrogens is 2. The smallest absolute Gasteiger partial charge is 0.350 e. The van der Waals surface area contributed by atoms with Crippen LogP contribution in [-0.4, -0.2) is 10.2 Å². The average Bonchev–Trinajstić information content (AvgIpc) is 2.14. The third kappa shape index (κ3) is 0.820. The Bertz CT molecular complexity index is 221. The SMILES string of the molecule is [C-]#[N+]c1nnc(C)s1. The Kier molecular flexibility index (Phi) is 1.22. The molecule has 1 aromatic rings. The maximum absolute atomic E-state index is 6.49. The maximum Gasteiger partial charge on any atom is 0.355 e. The highest BCUT2D eigenvalue weighted by Gasteiger charge is 1.96. The Morgan fingerprint density at radius 3 is 2.62 bits per heavy atom. The minimum absolute atomic E-state index is 0.419. The van der Waals surface area contributed by atoms with Crippen LogP contribution < -0.4 is 0 Å². The first-order valence-corrected chi connectivity index (χ1v) is 2.82. The second kappa shape index (κ2) is 1.88. The van der Waals surface area contributed by atoms with Gasteiger partial charge >= 0.3 is 5.13 Å². The molecule has 1 heterocycles. The average molecular weight is 125 g/mol. The molecule has 0 spiro atoms. The summed E-state index contributed by atoms with van der Waals surface area (Å²) < 4.78 is 0. The molecule has 0 aromatic carbocycles. The van der Waals surface area contributed by atoms with Gasteiger partial charge in [-0.25, -0.2) is 0 Å². The molecular formula is C4H3N3S. The van der Waals surface area contributed by atoms with Crippen molar-refractivity contribution in [1.29, 1.82) is 0 Å². The molecular weight excluding hydrogens is 122 g/mol. The van der Waals surface area contributed by atoms with Crippen LogP contribution in [-0.2, 0) is 0 Å². The lowest BCUT2D eigenvalue weighted by Crippen LogP contribution is -1.65. The summed E-state index contributed by atoms with van der Waals surface area (Å²) >= 11 is 1.31. The molecule has 40 valence electrons. The molecule has 4 heteroatoms. The van der Waals surface area contributed by atoms with E-state index in [0.717, 1.165) is 5.01 Å². The molecule has 0 atom stereocenters. The second-order valence-electron chi connectivity index (χ2n) is 1.22. The van der Waals surface area contributed by atoms with Crippen molar-refractivity contribution in [2.45, 2.75) is 6.92 Å². The van der Waals surface area contributed by atoms with E-state index in [2.05, 4.69) is 15.0 Å². The minimum Gasteiger partial charge on any atom is -0.350 e. The fourth-order valence-corrected chi connectivity index (χ4v) is 0.804. The largest absolute Gasteiger partial charge is 0.355 e. The third-order valence-electron chi connectivity index (χ3n) is 0.611. The van der Waals surface area contributed by atoms with Gasteiger partial charge in [-0.2, -0.15) is 0 Å². The second-order valence-corrected chi connectivity index (χ2v) is 2.38. The molecule has 0 bridgehead atoms. The van der Waals surface area contributed by atoms with Crippen LogP contribution in [0.15, 0.2) is 0 Å². The number of hydrogen-bond acceptors (Lipinski definition) is 3. The van der Waals surface area contributed by atoms with Gasteiger partial charge in [-0.15, -0.1) is 11.3 Å². The summed E-state index contributed by atoms with van der Waals surface area (Å²) in [6.07, 6.45) is 0. The Morgan fingerprint density at radius 2 is 2.38 bits per heavy atom. The molecule has 8 heavy (non-hydrogen) atoms. The fourth-order valence-electron chi connectivity index (χ4n) is 0.331. The van der Waals surface area contributed by atoms with Gasteiger partial charge in [-0.1, -0.05) is 6.57 Å². The van der Waals surface area contributed by atoms with Gasteiger partial charge in [0.05, 0.1) is 0 Å². The Labute approximate surface area is 50.8 Å². The molecule has 0 N–H and O–H groups in total. The summed E-state index contributed by atoms with van der Waals surface area (Å²) in [7, 11) is 0. The van der Waals surface area contributed by atoms with Crippen molar-refractivity contribution in [3.63, 3.8) is 0 Å². The predicted molar refractivity (Wildman–Crippen MR) is 30.9 cm³/mol. The fraction of sp³-hybridized carbons (Fsp3) is 0.250. The van der Waals surface area contributed by atoms with Crippen molar-refractivity contribution < 1.29 is 0 Å². The highest BCUT2D eigenvalue weighted by molar-refractivity contribution is 7.15. The molecule has 0 aliphatic carbocycles. The van der Waals surface area contributed by atoms with E-state index in [9.17, 15) is 0 Å². The Balaban J connectivity index is 3.05. The number of aryl methyl sites for hydroxylation is 1. The van der Waals surface area contributed by atoms with Gasteiger partial charge in [-0.05, 0) is 12.0 Å². The molecule has 0 radical (unpaired) electrons. The van der Waals surface area contributed by atoms with Crippen LogP contribution >= 0.6 is 11.3 Å². The highest BCUT2D eigenvalue weighted by atomic mass is 32.1. The van der Waals surface area contributed by atoms with Crippen molar-refractivity contribution in [1.82, 2.24) is 10.2 Å². The molecule has 0 aliphatic rings. The van der Waals surface area contributed by atoms with Crippen molar-refractivity contribution in [2.75, 3.05) is 0 Å². The molecule has 0 saturated carbocycles. The van der Waals surface area contributed by atoms with Crippen LogP contribution in [0.1, 0.15) is 5.01 Å². The van der Waals surface area contributed by atoms with Gasteiger partial charge in [0.25, 0.3) is 0 Å². The lowest BCUT2D eigenvalue weighted by atomic mass is 10.9. The van der Waals surface area contributed by atoms with Gasteiger partial charge in [0.15, 0.2) is 0 Å². The zero-order valence-corrected chi connectivity index (χ0v) is 5.07. The van der Waals surface area contributed by atoms with E-state index < -0.39 is 0 Å². The molecule has 0 saturated heterocycles. The third-order valence-corrected chi connectivity index (χ3v) is 1.34. The van der Waals surface area contributed by atoms with Crippen molar-refractivity contribution in [2.24, 2.45) is 0 Å². The van der Waals surface area contributed by atoms with E-state index in [1.54, 1.807) is 0 Å². The van der Waals surface area contributed by atoms with Crippen LogP contribution in [0.2, 0.25) is 0 Å². The maximum atomic E-state index is 6.49. The van der Waals surface area contributed by atoms with Crippen molar-refractivity contribution in [3.05, 3.63) is 16.4 Å². The van der Waals surface area contributed by atoms with Crippen LogP contribution in [0.25, 0.3) is 4.85 Å². The summed E-state index contributed by atoms with van der Waals surface area (Å²) in [5.74, 6) is 0. The van der Waals surface area contributed by atoms with E-state index in [1.165, 1.54) is 11.3 Å². The molecule has 3 nitrogen and oxygen atoms in total. The Hall–Kier alpha value is -0.950. The summed E-state index contributed by atoms with van der Waals surface area (Å²) in [6.45, 7) is 8.32. The van der Waals surface area contributed by atoms with Crippen LogP contribution in [0.5, 0.6) is 0 Å². The van der Waals surface area contributed by atoms with Crippen LogP contribution in [0.3, 0.4) is 0 Å². The molecule has 0 amide bonds. The van der Waals surface area contributed by atoms with Crippen molar-refractivity contribution in [3.8, 4) is 0 Å². The van der Waals surface area contributed by atoms with E-state index in [0.29, 0.717) is 5.13 Å². The topological polar surface area (TPSA) is 30.1 Å². The summed E-state index contributed by atoms with van der Waals surface area (Å²) in [4.78, 5) is 3.09. The first kappa shape index (κ1) is 5.19. The highest BCUT2D eigenvalue weighted by Crippen LogP contribution is 2.15. The van der Waals surface area contributed by atoms with Crippen molar-refractivity contribution >= 4 is 16.5 Å². The zero-order valence-electron chi connectivity index (χ0n) is 4.25. The summed E-state index contributed by atoms with van der Waals surface area (Å²) in [5, 5.41) is 8.45. The molecule has 0 unspecified atom stereocenters. The van der Waals surface area contributed by atoms with E-state index in [1.807, 2.05) is 6.92 Å². The first-order chi connectivity index (χ1) is 3.83.